The lowest BCUT2D eigenvalue weighted by Crippen LogP contribution is -2.17. The van der Waals surface area contributed by atoms with E-state index in [2.05, 4.69) is 4.74 Å². The number of carboxylic acids is 1. The zero-order valence-electron chi connectivity index (χ0n) is 10.3. The Labute approximate surface area is 107 Å². The van der Waals surface area contributed by atoms with Crippen LogP contribution in [-0.4, -0.2) is 24.0 Å². The number of hydrogen-bond acceptors (Lipinski definition) is 3. The predicted molar refractivity (Wildman–Crippen MR) is 60.4 cm³/mol. The molecule has 7 heteroatoms. The number of alkyl halides is 3. The molecule has 0 atom stereocenters. The van der Waals surface area contributed by atoms with Gasteiger partial charge in [-0.2, -0.15) is 0 Å². The first-order valence-corrected chi connectivity index (χ1v) is 5.44. The number of halogens is 3. The second-order valence-corrected chi connectivity index (χ2v) is 4.25. The van der Waals surface area contributed by atoms with E-state index in [0.717, 1.165) is 18.2 Å². The highest BCUT2D eigenvalue weighted by molar-refractivity contribution is 5.88. The van der Waals surface area contributed by atoms with Crippen molar-refractivity contribution in [1.29, 1.82) is 0 Å². The van der Waals surface area contributed by atoms with Crippen LogP contribution in [0.15, 0.2) is 18.2 Å². The SMILES string of the molecule is CC(C)COc1cc(OC(F)(F)F)cc(C(=O)O)c1. The molecule has 106 valence electrons. The molecule has 0 saturated heterocycles. The molecular weight excluding hydrogens is 265 g/mol. The summed E-state index contributed by atoms with van der Waals surface area (Å²) in [4.78, 5) is 10.8. The van der Waals surface area contributed by atoms with Crippen LogP contribution in [0, 0.1) is 5.92 Å². The van der Waals surface area contributed by atoms with E-state index in [0.29, 0.717) is 0 Å². The fourth-order valence-electron chi connectivity index (χ4n) is 1.23. The summed E-state index contributed by atoms with van der Waals surface area (Å²) in [6.07, 6.45) is -4.88. The fraction of sp³-hybridized carbons (Fsp3) is 0.417. The molecular formula is C12H13F3O4. The van der Waals surface area contributed by atoms with Crippen molar-refractivity contribution < 1.29 is 32.5 Å². The molecule has 0 aromatic heterocycles. The molecule has 0 spiro atoms. The van der Waals surface area contributed by atoms with Crippen molar-refractivity contribution >= 4 is 5.97 Å². The highest BCUT2D eigenvalue weighted by atomic mass is 19.4. The molecule has 0 aliphatic heterocycles. The third-order valence-electron chi connectivity index (χ3n) is 1.94. The molecule has 0 amide bonds. The summed E-state index contributed by atoms with van der Waals surface area (Å²) >= 11 is 0. The Morgan fingerprint density at radius 3 is 2.32 bits per heavy atom. The summed E-state index contributed by atoms with van der Waals surface area (Å²) in [6, 6.07) is 2.94. The van der Waals surface area contributed by atoms with Crippen LogP contribution in [0.25, 0.3) is 0 Å². The van der Waals surface area contributed by atoms with Crippen LogP contribution in [0.3, 0.4) is 0 Å². The molecule has 0 unspecified atom stereocenters. The van der Waals surface area contributed by atoms with Crippen molar-refractivity contribution in [1.82, 2.24) is 0 Å². The molecule has 1 rings (SSSR count). The minimum absolute atomic E-state index is 0.0212. The van der Waals surface area contributed by atoms with Crippen molar-refractivity contribution in [3.63, 3.8) is 0 Å². The maximum absolute atomic E-state index is 12.1. The van der Waals surface area contributed by atoms with Gasteiger partial charge in [-0.05, 0) is 18.1 Å². The van der Waals surface area contributed by atoms with E-state index in [1.165, 1.54) is 0 Å². The number of carbonyl (C=O) groups is 1. The van der Waals surface area contributed by atoms with Crippen LogP contribution >= 0.6 is 0 Å². The standard InChI is InChI=1S/C12H13F3O4/c1-7(2)6-18-9-3-8(11(16)17)4-10(5-9)19-12(13,14)15/h3-5,7H,6H2,1-2H3,(H,16,17). The Morgan fingerprint density at radius 1 is 1.26 bits per heavy atom. The fourth-order valence-corrected chi connectivity index (χ4v) is 1.23. The lowest BCUT2D eigenvalue weighted by molar-refractivity contribution is -0.274. The summed E-state index contributed by atoms with van der Waals surface area (Å²) in [5, 5.41) is 8.82. The topological polar surface area (TPSA) is 55.8 Å². The maximum Gasteiger partial charge on any atom is 0.573 e. The summed E-state index contributed by atoms with van der Waals surface area (Å²) in [7, 11) is 0. The molecule has 0 fully saturated rings. The van der Waals surface area contributed by atoms with Gasteiger partial charge < -0.3 is 14.6 Å². The van der Waals surface area contributed by atoms with E-state index in [-0.39, 0.29) is 23.8 Å². The van der Waals surface area contributed by atoms with Gasteiger partial charge in [0.1, 0.15) is 11.5 Å². The van der Waals surface area contributed by atoms with Gasteiger partial charge in [-0.25, -0.2) is 4.79 Å². The lowest BCUT2D eigenvalue weighted by atomic mass is 10.2. The molecule has 19 heavy (non-hydrogen) atoms. The molecule has 0 bridgehead atoms. The van der Waals surface area contributed by atoms with Crippen molar-refractivity contribution in [3.8, 4) is 11.5 Å². The Hall–Kier alpha value is -1.92. The molecule has 1 aromatic rings. The number of ether oxygens (including phenoxy) is 2. The average molecular weight is 278 g/mol. The molecule has 0 aliphatic carbocycles. The first kappa shape index (κ1) is 15.1. The van der Waals surface area contributed by atoms with Crippen molar-refractivity contribution in [3.05, 3.63) is 23.8 Å². The van der Waals surface area contributed by atoms with Crippen molar-refractivity contribution in [2.45, 2.75) is 20.2 Å². The van der Waals surface area contributed by atoms with Crippen LogP contribution < -0.4 is 9.47 Å². The van der Waals surface area contributed by atoms with Gasteiger partial charge in [-0.15, -0.1) is 13.2 Å². The van der Waals surface area contributed by atoms with Crippen LogP contribution in [-0.2, 0) is 0 Å². The number of rotatable bonds is 5. The van der Waals surface area contributed by atoms with Crippen LogP contribution in [0.4, 0.5) is 13.2 Å². The molecule has 0 saturated carbocycles. The molecule has 1 N–H and O–H groups in total. The monoisotopic (exact) mass is 278 g/mol. The lowest BCUT2D eigenvalue weighted by Gasteiger charge is -2.13. The van der Waals surface area contributed by atoms with Gasteiger partial charge in [0.15, 0.2) is 0 Å². The van der Waals surface area contributed by atoms with Gasteiger partial charge in [0, 0.05) is 6.07 Å². The zero-order valence-corrected chi connectivity index (χ0v) is 10.3. The van der Waals surface area contributed by atoms with E-state index in [4.69, 9.17) is 9.84 Å². The predicted octanol–water partition coefficient (Wildman–Crippen LogP) is 3.32. The summed E-state index contributed by atoms with van der Waals surface area (Å²) < 4.78 is 45.2. The van der Waals surface area contributed by atoms with Gasteiger partial charge in [-0.1, -0.05) is 13.8 Å². The Morgan fingerprint density at radius 2 is 1.84 bits per heavy atom. The molecule has 0 heterocycles. The van der Waals surface area contributed by atoms with Crippen LogP contribution in [0.1, 0.15) is 24.2 Å². The highest BCUT2D eigenvalue weighted by Crippen LogP contribution is 2.28. The van der Waals surface area contributed by atoms with E-state index >= 15 is 0 Å². The minimum atomic E-state index is -4.88. The van der Waals surface area contributed by atoms with Crippen molar-refractivity contribution in [2.75, 3.05) is 6.61 Å². The highest BCUT2D eigenvalue weighted by Gasteiger charge is 2.31. The number of carboxylic acid groups (broad SMARTS) is 1. The molecule has 1 aromatic carbocycles. The quantitative estimate of drug-likeness (QED) is 0.897. The van der Waals surface area contributed by atoms with Crippen molar-refractivity contribution in [2.24, 2.45) is 5.92 Å². The van der Waals surface area contributed by atoms with E-state index in [1.807, 2.05) is 13.8 Å². The number of benzene rings is 1. The second-order valence-electron chi connectivity index (χ2n) is 4.25. The van der Waals surface area contributed by atoms with Gasteiger partial charge in [0.2, 0.25) is 0 Å². The minimum Gasteiger partial charge on any atom is -0.493 e. The summed E-state index contributed by atoms with van der Waals surface area (Å²) in [6.45, 7) is 3.97. The summed E-state index contributed by atoms with van der Waals surface area (Å²) in [5.74, 6) is -1.80. The maximum atomic E-state index is 12.1. The van der Waals surface area contributed by atoms with Gasteiger partial charge in [0.25, 0.3) is 0 Å². The summed E-state index contributed by atoms with van der Waals surface area (Å²) in [5.41, 5.74) is -0.333. The van der Waals surface area contributed by atoms with E-state index in [1.54, 1.807) is 0 Å². The first-order chi connectivity index (χ1) is 8.67. The Bertz CT molecular complexity index is 455. The Kier molecular flexibility index (Phi) is 4.63. The van der Waals surface area contributed by atoms with Gasteiger partial charge >= 0.3 is 12.3 Å². The van der Waals surface area contributed by atoms with Crippen LogP contribution in [0.2, 0.25) is 0 Å². The third kappa shape index (κ3) is 5.50. The van der Waals surface area contributed by atoms with Gasteiger partial charge in [0.05, 0.1) is 12.2 Å². The molecule has 0 aliphatic rings. The van der Waals surface area contributed by atoms with Gasteiger partial charge in [-0.3, -0.25) is 0 Å². The number of aromatic carboxylic acids is 1. The zero-order chi connectivity index (χ0) is 14.6. The smallest absolute Gasteiger partial charge is 0.493 e. The largest absolute Gasteiger partial charge is 0.573 e. The number of hydrogen-bond donors (Lipinski definition) is 1. The first-order valence-electron chi connectivity index (χ1n) is 5.44. The van der Waals surface area contributed by atoms with Crippen LogP contribution in [0.5, 0.6) is 11.5 Å². The van der Waals surface area contributed by atoms with E-state index < -0.39 is 18.1 Å². The molecule has 0 radical (unpaired) electrons. The normalized spacial score (nSPS) is 11.5. The van der Waals surface area contributed by atoms with E-state index in [9.17, 15) is 18.0 Å². The average Bonchev–Trinajstić information content (AvgIpc) is 2.23. The Balaban J connectivity index is 3.00. The second kappa shape index (κ2) is 5.81. The third-order valence-corrected chi connectivity index (χ3v) is 1.94. The molecule has 4 nitrogen and oxygen atoms in total.